The third-order valence-electron chi connectivity index (χ3n) is 3.99. The third kappa shape index (κ3) is 2.86. The van der Waals surface area contributed by atoms with Gasteiger partial charge in [-0.2, -0.15) is 0 Å². The van der Waals surface area contributed by atoms with Crippen LogP contribution in [0.25, 0.3) is 0 Å². The number of ether oxygens (including phenoxy) is 1. The summed E-state index contributed by atoms with van der Waals surface area (Å²) in [5.41, 5.74) is 2.76. The van der Waals surface area contributed by atoms with Crippen LogP contribution >= 0.6 is 0 Å². The fourth-order valence-corrected chi connectivity index (χ4v) is 2.38. The molecule has 0 saturated heterocycles. The Balaban J connectivity index is 2.12. The largest absolute Gasteiger partial charge is 0.493 e. The van der Waals surface area contributed by atoms with Crippen LogP contribution in [0, 0.1) is 5.92 Å². The van der Waals surface area contributed by atoms with Crippen molar-refractivity contribution in [1.82, 2.24) is 5.32 Å². The van der Waals surface area contributed by atoms with Crippen molar-refractivity contribution >= 4 is 0 Å². The second-order valence-corrected chi connectivity index (χ2v) is 5.63. The van der Waals surface area contributed by atoms with Crippen LogP contribution in [0.2, 0.25) is 0 Å². The summed E-state index contributed by atoms with van der Waals surface area (Å²) in [4.78, 5) is 0. The first kappa shape index (κ1) is 13.4. The number of rotatable bonds is 5. The van der Waals surface area contributed by atoms with Gasteiger partial charge in [0.1, 0.15) is 5.75 Å². The fraction of sp³-hybridized carbons (Fsp3) is 0.625. The van der Waals surface area contributed by atoms with Gasteiger partial charge in [0.25, 0.3) is 0 Å². The minimum atomic E-state index is 0.452. The van der Waals surface area contributed by atoms with Gasteiger partial charge in [0.2, 0.25) is 0 Å². The Kier molecular flexibility index (Phi) is 4.28. The molecule has 2 atom stereocenters. The van der Waals surface area contributed by atoms with E-state index in [4.69, 9.17) is 4.74 Å². The SMILES string of the molecule is CCC(NC(C)C(C)C)c1ccc2c(c1)CCO2. The van der Waals surface area contributed by atoms with Crippen LogP contribution in [0.5, 0.6) is 5.75 Å². The van der Waals surface area contributed by atoms with Gasteiger partial charge < -0.3 is 10.1 Å². The molecule has 0 amide bonds. The van der Waals surface area contributed by atoms with E-state index >= 15 is 0 Å². The summed E-state index contributed by atoms with van der Waals surface area (Å²) < 4.78 is 5.57. The Labute approximate surface area is 111 Å². The molecule has 0 aromatic heterocycles. The molecule has 0 saturated carbocycles. The van der Waals surface area contributed by atoms with Crippen LogP contribution in [0.4, 0.5) is 0 Å². The summed E-state index contributed by atoms with van der Waals surface area (Å²) in [6.45, 7) is 9.88. The van der Waals surface area contributed by atoms with E-state index in [1.807, 2.05) is 0 Å². The Morgan fingerprint density at radius 3 is 2.72 bits per heavy atom. The fourth-order valence-electron chi connectivity index (χ4n) is 2.38. The molecule has 100 valence electrons. The van der Waals surface area contributed by atoms with Gasteiger partial charge in [-0.1, -0.05) is 32.9 Å². The standard InChI is InChI=1S/C16H25NO/c1-5-15(17-12(4)11(2)3)13-6-7-16-14(10-13)8-9-18-16/h6-7,10-12,15,17H,5,8-9H2,1-4H3. The normalized spacial score (nSPS) is 17.4. The maximum atomic E-state index is 5.57. The predicted molar refractivity (Wildman–Crippen MR) is 76.1 cm³/mol. The van der Waals surface area contributed by atoms with Crippen molar-refractivity contribution in [3.8, 4) is 5.75 Å². The van der Waals surface area contributed by atoms with Crippen molar-refractivity contribution in [2.45, 2.75) is 52.6 Å². The molecule has 1 heterocycles. The smallest absolute Gasteiger partial charge is 0.122 e. The molecule has 0 spiro atoms. The van der Waals surface area contributed by atoms with Crippen LogP contribution in [-0.2, 0) is 6.42 Å². The minimum absolute atomic E-state index is 0.452. The van der Waals surface area contributed by atoms with Crippen molar-refractivity contribution < 1.29 is 4.74 Å². The molecule has 18 heavy (non-hydrogen) atoms. The van der Waals surface area contributed by atoms with Gasteiger partial charge in [-0.05, 0) is 36.5 Å². The molecule has 0 bridgehead atoms. The van der Waals surface area contributed by atoms with E-state index in [0.717, 1.165) is 25.2 Å². The molecule has 1 aromatic carbocycles. The molecule has 0 aliphatic carbocycles. The lowest BCUT2D eigenvalue weighted by Crippen LogP contribution is -2.34. The number of nitrogens with one attached hydrogen (secondary N) is 1. The van der Waals surface area contributed by atoms with Crippen LogP contribution in [0.15, 0.2) is 18.2 Å². The monoisotopic (exact) mass is 247 g/mol. The van der Waals surface area contributed by atoms with Crippen LogP contribution < -0.4 is 10.1 Å². The summed E-state index contributed by atoms with van der Waals surface area (Å²) in [6.07, 6.45) is 2.18. The first-order valence-electron chi connectivity index (χ1n) is 7.13. The highest BCUT2D eigenvalue weighted by Gasteiger charge is 2.18. The summed E-state index contributed by atoms with van der Waals surface area (Å²) >= 11 is 0. The van der Waals surface area contributed by atoms with E-state index in [1.165, 1.54) is 11.1 Å². The van der Waals surface area contributed by atoms with E-state index in [1.54, 1.807) is 0 Å². The molecule has 1 aliphatic rings. The highest BCUT2D eigenvalue weighted by atomic mass is 16.5. The molecule has 1 N–H and O–H groups in total. The Morgan fingerprint density at radius 2 is 2.06 bits per heavy atom. The van der Waals surface area contributed by atoms with Crippen molar-refractivity contribution in [1.29, 1.82) is 0 Å². The summed E-state index contributed by atoms with van der Waals surface area (Å²) in [5.74, 6) is 1.74. The molecule has 1 aromatic rings. The second-order valence-electron chi connectivity index (χ2n) is 5.63. The van der Waals surface area contributed by atoms with Crippen LogP contribution in [0.3, 0.4) is 0 Å². The van der Waals surface area contributed by atoms with E-state index < -0.39 is 0 Å². The molecule has 0 fully saturated rings. The lowest BCUT2D eigenvalue weighted by atomic mass is 9.98. The van der Waals surface area contributed by atoms with Crippen molar-refractivity contribution in [2.24, 2.45) is 5.92 Å². The molecule has 0 radical (unpaired) electrons. The quantitative estimate of drug-likeness (QED) is 0.856. The highest BCUT2D eigenvalue weighted by Crippen LogP contribution is 2.29. The van der Waals surface area contributed by atoms with Gasteiger partial charge in [-0.3, -0.25) is 0 Å². The van der Waals surface area contributed by atoms with E-state index in [0.29, 0.717) is 18.0 Å². The predicted octanol–water partition coefficient (Wildman–Crippen LogP) is 3.71. The molecule has 2 unspecified atom stereocenters. The average molecular weight is 247 g/mol. The maximum Gasteiger partial charge on any atom is 0.122 e. The number of hydrogen-bond acceptors (Lipinski definition) is 2. The second kappa shape index (κ2) is 5.75. The van der Waals surface area contributed by atoms with Crippen LogP contribution in [-0.4, -0.2) is 12.6 Å². The third-order valence-corrected chi connectivity index (χ3v) is 3.99. The lowest BCUT2D eigenvalue weighted by molar-refractivity contribution is 0.356. The van der Waals surface area contributed by atoms with Gasteiger partial charge in [-0.25, -0.2) is 0 Å². The number of fused-ring (bicyclic) bond motifs is 1. The van der Waals surface area contributed by atoms with E-state index in [-0.39, 0.29) is 0 Å². The van der Waals surface area contributed by atoms with Crippen LogP contribution in [0.1, 0.15) is 51.3 Å². The Bertz CT molecular complexity index is 400. The molecule has 2 heteroatoms. The minimum Gasteiger partial charge on any atom is -0.493 e. The van der Waals surface area contributed by atoms with Gasteiger partial charge >= 0.3 is 0 Å². The Morgan fingerprint density at radius 1 is 1.28 bits per heavy atom. The van der Waals surface area contributed by atoms with Gasteiger partial charge in [0, 0.05) is 18.5 Å². The molecular formula is C16H25NO. The Hall–Kier alpha value is -1.02. The van der Waals surface area contributed by atoms with Gasteiger partial charge in [-0.15, -0.1) is 0 Å². The molecular weight excluding hydrogens is 222 g/mol. The highest BCUT2D eigenvalue weighted by molar-refractivity contribution is 5.40. The van der Waals surface area contributed by atoms with Gasteiger partial charge in [0.05, 0.1) is 6.61 Å². The van der Waals surface area contributed by atoms with E-state index in [2.05, 4.69) is 51.2 Å². The average Bonchev–Trinajstić information content (AvgIpc) is 2.82. The summed E-state index contributed by atoms with van der Waals surface area (Å²) in [5, 5.41) is 3.73. The van der Waals surface area contributed by atoms with Gasteiger partial charge in [0.15, 0.2) is 0 Å². The van der Waals surface area contributed by atoms with E-state index in [9.17, 15) is 0 Å². The van der Waals surface area contributed by atoms with Crippen molar-refractivity contribution in [3.05, 3.63) is 29.3 Å². The first-order chi connectivity index (χ1) is 8.61. The topological polar surface area (TPSA) is 21.3 Å². The maximum absolute atomic E-state index is 5.57. The van der Waals surface area contributed by atoms with Crippen molar-refractivity contribution in [2.75, 3.05) is 6.61 Å². The lowest BCUT2D eigenvalue weighted by Gasteiger charge is -2.25. The zero-order valence-electron chi connectivity index (χ0n) is 12.0. The summed E-state index contributed by atoms with van der Waals surface area (Å²) in [7, 11) is 0. The number of hydrogen-bond donors (Lipinski definition) is 1. The summed E-state index contributed by atoms with van der Waals surface area (Å²) in [6, 6.07) is 7.64. The van der Waals surface area contributed by atoms with Crippen molar-refractivity contribution in [3.63, 3.8) is 0 Å². The molecule has 1 aliphatic heterocycles. The number of benzene rings is 1. The first-order valence-corrected chi connectivity index (χ1v) is 7.13. The zero-order chi connectivity index (χ0) is 13.1. The molecule has 2 nitrogen and oxygen atoms in total. The zero-order valence-corrected chi connectivity index (χ0v) is 12.0. The molecule has 2 rings (SSSR count).